The first-order valence-corrected chi connectivity index (χ1v) is 8.86. The van der Waals surface area contributed by atoms with Gasteiger partial charge in [0.2, 0.25) is 5.91 Å². The third-order valence-corrected chi connectivity index (χ3v) is 5.62. The van der Waals surface area contributed by atoms with Crippen molar-refractivity contribution < 1.29 is 9.90 Å². The molecule has 124 valence electrons. The molecule has 1 aromatic rings. The normalized spacial score (nSPS) is 28.9. The maximum absolute atomic E-state index is 12.4. The van der Waals surface area contributed by atoms with Gasteiger partial charge >= 0.3 is 0 Å². The van der Waals surface area contributed by atoms with Crippen LogP contribution in [0.2, 0.25) is 0 Å². The summed E-state index contributed by atoms with van der Waals surface area (Å²) >= 11 is 0. The van der Waals surface area contributed by atoms with Crippen molar-refractivity contribution in [3.63, 3.8) is 0 Å². The fourth-order valence-corrected chi connectivity index (χ4v) is 4.10. The fourth-order valence-electron chi connectivity index (χ4n) is 4.10. The number of amides is 1. The summed E-state index contributed by atoms with van der Waals surface area (Å²) in [4.78, 5) is 14.0. The molecule has 1 saturated heterocycles. The van der Waals surface area contributed by atoms with Gasteiger partial charge < -0.3 is 10.0 Å². The molecule has 2 fully saturated rings. The Morgan fingerprint density at radius 1 is 1.29 bits per heavy atom. The standard InChI is InChI=1S/C20H22N2O2/c21-11-17-19(18(12-23)22(17)20(24)16-9-10-16)15-7-5-14(6-8-15)13-3-1-2-4-13/h3,5-8,16-19,23H,1-2,4,9-10,12H2/t17-,18-,19-/m1/s1. The van der Waals surface area contributed by atoms with E-state index < -0.39 is 6.04 Å². The van der Waals surface area contributed by atoms with E-state index >= 15 is 0 Å². The zero-order valence-corrected chi connectivity index (χ0v) is 13.7. The Hall–Kier alpha value is -2.12. The van der Waals surface area contributed by atoms with Crippen LogP contribution in [0.15, 0.2) is 30.3 Å². The minimum atomic E-state index is -0.452. The molecule has 0 spiro atoms. The molecule has 1 N–H and O–H groups in total. The molecule has 0 unspecified atom stereocenters. The number of carbonyl (C=O) groups is 1. The summed E-state index contributed by atoms with van der Waals surface area (Å²) in [5.74, 6) is 0.0337. The van der Waals surface area contributed by atoms with Crippen molar-refractivity contribution in [3.05, 3.63) is 41.5 Å². The summed E-state index contributed by atoms with van der Waals surface area (Å²) in [7, 11) is 0. The molecule has 0 aromatic heterocycles. The molecule has 1 aliphatic heterocycles. The number of nitrogens with zero attached hydrogens (tertiary/aromatic N) is 2. The molecule has 4 rings (SSSR count). The van der Waals surface area contributed by atoms with Gasteiger partial charge in [0.25, 0.3) is 0 Å². The summed E-state index contributed by atoms with van der Waals surface area (Å²) in [6, 6.07) is 9.91. The molecule has 4 heteroatoms. The number of aliphatic hydroxyl groups is 1. The number of nitriles is 1. The molecule has 1 heterocycles. The number of aliphatic hydroxyl groups excluding tert-OH is 1. The van der Waals surface area contributed by atoms with Gasteiger partial charge in [-0.05, 0) is 48.8 Å². The van der Waals surface area contributed by atoms with E-state index in [1.165, 1.54) is 17.6 Å². The van der Waals surface area contributed by atoms with Crippen LogP contribution in [-0.2, 0) is 4.79 Å². The minimum absolute atomic E-state index is 0.0459. The fraction of sp³-hybridized carbons (Fsp3) is 0.500. The monoisotopic (exact) mass is 322 g/mol. The second-order valence-corrected chi connectivity index (χ2v) is 7.11. The van der Waals surface area contributed by atoms with Crippen LogP contribution in [0.3, 0.4) is 0 Å². The van der Waals surface area contributed by atoms with E-state index in [0.717, 1.165) is 31.2 Å². The highest BCUT2D eigenvalue weighted by molar-refractivity contribution is 5.83. The molecule has 0 bridgehead atoms. The average molecular weight is 322 g/mol. The second kappa shape index (κ2) is 6.07. The first kappa shape index (κ1) is 15.4. The van der Waals surface area contributed by atoms with Crippen LogP contribution in [0.1, 0.15) is 49.1 Å². The van der Waals surface area contributed by atoms with Crippen LogP contribution < -0.4 is 0 Å². The number of carbonyl (C=O) groups excluding carboxylic acids is 1. The van der Waals surface area contributed by atoms with E-state index in [-0.39, 0.29) is 30.4 Å². The summed E-state index contributed by atoms with van der Waals surface area (Å²) < 4.78 is 0. The highest BCUT2D eigenvalue weighted by Gasteiger charge is 2.53. The van der Waals surface area contributed by atoms with Crippen molar-refractivity contribution in [2.75, 3.05) is 6.61 Å². The molecule has 1 amide bonds. The molecule has 2 aliphatic carbocycles. The van der Waals surface area contributed by atoms with Crippen molar-refractivity contribution in [2.24, 2.45) is 5.92 Å². The van der Waals surface area contributed by atoms with Crippen molar-refractivity contribution >= 4 is 11.5 Å². The quantitative estimate of drug-likeness (QED) is 0.927. The number of likely N-dealkylation sites (tertiary alicyclic amines) is 1. The lowest BCUT2D eigenvalue weighted by atomic mass is 9.75. The number of benzene rings is 1. The molecule has 24 heavy (non-hydrogen) atoms. The summed E-state index contributed by atoms with van der Waals surface area (Å²) in [5, 5.41) is 19.3. The van der Waals surface area contributed by atoms with Crippen LogP contribution in [0.25, 0.3) is 5.57 Å². The number of hydrogen-bond donors (Lipinski definition) is 1. The second-order valence-electron chi connectivity index (χ2n) is 7.11. The van der Waals surface area contributed by atoms with E-state index in [1.807, 2.05) is 0 Å². The predicted molar refractivity (Wildman–Crippen MR) is 90.9 cm³/mol. The van der Waals surface area contributed by atoms with Crippen LogP contribution in [0.4, 0.5) is 0 Å². The lowest BCUT2D eigenvalue weighted by Gasteiger charge is -2.51. The topological polar surface area (TPSA) is 64.3 Å². The van der Waals surface area contributed by atoms with Gasteiger partial charge in [-0.25, -0.2) is 0 Å². The van der Waals surface area contributed by atoms with Crippen molar-refractivity contribution in [1.82, 2.24) is 4.90 Å². The molecule has 1 aromatic carbocycles. The zero-order chi connectivity index (χ0) is 16.7. The molecule has 0 radical (unpaired) electrons. The third-order valence-electron chi connectivity index (χ3n) is 5.62. The Kier molecular flexibility index (Phi) is 3.90. The highest BCUT2D eigenvalue weighted by atomic mass is 16.3. The van der Waals surface area contributed by atoms with Crippen LogP contribution in [0, 0.1) is 17.2 Å². The van der Waals surface area contributed by atoms with E-state index in [1.54, 1.807) is 4.90 Å². The Bertz CT molecular complexity index is 712. The van der Waals surface area contributed by atoms with Gasteiger partial charge in [0.1, 0.15) is 6.04 Å². The van der Waals surface area contributed by atoms with Crippen molar-refractivity contribution in [1.29, 1.82) is 5.26 Å². The summed E-state index contributed by atoms with van der Waals surface area (Å²) in [6.45, 7) is -0.0891. The van der Waals surface area contributed by atoms with Gasteiger partial charge in [0.05, 0.1) is 18.7 Å². The molecule has 4 nitrogen and oxygen atoms in total. The van der Waals surface area contributed by atoms with Crippen molar-refractivity contribution in [3.8, 4) is 6.07 Å². The molecular formula is C20H22N2O2. The highest BCUT2D eigenvalue weighted by Crippen LogP contribution is 2.44. The lowest BCUT2D eigenvalue weighted by Crippen LogP contribution is -2.65. The van der Waals surface area contributed by atoms with Gasteiger partial charge in [-0.2, -0.15) is 5.26 Å². The van der Waals surface area contributed by atoms with Gasteiger partial charge in [0.15, 0.2) is 0 Å². The van der Waals surface area contributed by atoms with Gasteiger partial charge in [-0.15, -0.1) is 0 Å². The van der Waals surface area contributed by atoms with E-state index in [9.17, 15) is 15.2 Å². The Morgan fingerprint density at radius 2 is 2.04 bits per heavy atom. The molecule has 3 atom stereocenters. The Morgan fingerprint density at radius 3 is 2.58 bits per heavy atom. The summed E-state index contributed by atoms with van der Waals surface area (Å²) in [6.07, 6.45) is 7.64. The molecular weight excluding hydrogens is 300 g/mol. The van der Waals surface area contributed by atoms with Gasteiger partial charge in [-0.3, -0.25) is 4.79 Å². The van der Waals surface area contributed by atoms with Crippen LogP contribution >= 0.6 is 0 Å². The maximum atomic E-state index is 12.4. The van der Waals surface area contributed by atoms with Crippen LogP contribution in [0.5, 0.6) is 0 Å². The maximum Gasteiger partial charge on any atom is 0.227 e. The SMILES string of the molecule is N#C[C@@H]1[C@@H](c2ccc(C3=CCCC3)cc2)[C@@H](CO)N1C(=O)C1CC1. The Balaban J connectivity index is 1.56. The summed E-state index contributed by atoms with van der Waals surface area (Å²) in [5.41, 5.74) is 3.69. The lowest BCUT2D eigenvalue weighted by molar-refractivity contribution is -0.148. The number of allylic oxidation sites excluding steroid dienone is 2. The van der Waals surface area contributed by atoms with Crippen LogP contribution in [-0.4, -0.2) is 34.6 Å². The third kappa shape index (κ3) is 2.44. The Labute approximate surface area is 142 Å². The van der Waals surface area contributed by atoms with E-state index in [2.05, 4.69) is 36.4 Å². The smallest absolute Gasteiger partial charge is 0.227 e. The predicted octanol–water partition coefficient (Wildman–Crippen LogP) is 2.84. The van der Waals surface area contributed by atoms with E-state index in [4.69, 9.17) is 0 Å². The first-order valence-electron chi connectivity index (χ1n) is 8.86. The first-order chi connectivity index (χ1) is 11.7. The number of rotatable bonds is 4. The molecule has 1 saturated carbocycles. The average Bonchev–Trinajstić information content (AvgIpc) is 3.30. The minimum Gasteiger partial charge on any atom is -0.394 e. The van der Waals surface area contributed by atoms with Gasteiger partial charge in [-0.1, -0.05) is 30.3 Å². The number of hydrogen-bond acceptors (Lipinski definition) is 3. The largest absolute Gasteiger partial charge is 0.394 e. The zero-order valence-electron chi connectivity index (χ0n) is 13.7. The molecule has 3 aliphatic rings. The van der Waals surface area contributed by atoms with E-state index in [0.29, 0.717) is 0 Å². The van der Waals surface area contributed by atoms with Gasteiger partial charge in [0, 0.05) is 11.8 Å². The van der Waals surface area contributed by atoms with Crippen molar-refractivity contribution in [2.45, 2.75) is 50.1 Å².